The minimum absolute atomic E-state index is 0.0372. The van der Waals surface area contributed by atoms with E-state index in [-0.39, 0.29) is 11.5 Å². The number of phenols is 1. The van der Waals surface area contributed by atoms with Crippen molar-refractivity contribution in [2.45, 2.75) is 12.8 Å². The van der Waals surface area contributed by atoms with Gasteiger partial charge in [0.25, 0.3) is 0 Å². The number of phenolic OH excluding ortho intramolecular Hbond substituents is 1. The number of Topliss-reactive ketones (excluding diaryl/α,β-unsaturated/α-hetero) is 1. The molecule has 0 fully saturated rings. The van der Waals surface area contributed by atoms with E-state index in [1.807, 2.05) is 12.2 Å². The average molecular weight is 230 g/mol. The molecule has 2 rings (SSSR count). The van der Waals surface area contributed by atoms with Crippen LogP contribution in [0, 0.1) is 0 Å². The Morgan fingerprint density at radius 1 is 1.41 bits per heavy atom. The highest BCUT2D eigenvalue weighted by Gasteiger charge is 2.16. The number of ether oxygens (including phenoxy) is 1. The molecule has 0 aromatic heterocycles. The molecule has 0 heterocycles. The molecule has 0 bridgehead atoms. The van der Waals surface area contributed by atoms with Crippen molar-refractivity contribution in [2.24, 2.45) is 0 Å². The van der Waals surface area contributed by atoms with Gasteiger partial charge in [-0.25, -0.2) is 0 Å². The van der Waals surface area contributed by atoms with Crippen molar-refractivity contribution in [3.05, 3.63) is 47.6 Å². The third-order valence-corrected chi connectivity index (χ3v) is 2.76. The number of rotatable bonds is 3. The van der Waals surface area contributed by atoms with Crippen molar-refractivity contribution < 1.29 is 14.6 Å². The zero-order chi connectivity index (χ0) is 12.3. The second-order valence-electron chi connectivity index (χ2n) is 3.87. The molecule has 1 aliphatic rings. The lowest BCUT2D eigenvalue weighted by Crippen LogP contribution is -2.05. The van der Waals surface area contributed by atoms with E-state index in [0.717, 1.165) is 18.4 Å². The SMILES string of the molecule is COc1ccc(C(=O)C2=CC=CCC2)c(O)c1. The highest BCUT2D eigenvalue weighted by molar-refractivity contribution is 6.10. The van der Waals surface area contributed by atoms with Crippen molar-refractivity contribution in [1.29, 1.82) is 0 Å². The summed E-state index contributed by atoms with van der Waals surface area (Å²) in [5.74, 6) is 0.385. The molecule has 0 saturated carbocycles. The van der Waals surface area contributed by atoms with Crippen LogP contribution in [0.5, 0.6) is 11.5 Å². The number of hydrogen-bond donors (Lipinski definition) is 1. The third-order valence-electron chi connectivity index (χ3n) is 2.76. The lowest BCUT2D eigenvalue weighted by molar-refractivity contribution is 0.102. The van der Waals surface area contributed by atoms with Gasteiger partial charge in [-0.1, -0.05) is 18.2 Å². The Kier molecular flexibility index (Phi) is 3.28. The van der Waals surface area contributed by atoms with Gasteiger partial charge >= 0.3 is 0 Å². The maximum Gasteiger partial charge on any atom is 0.192 e. The Morgan fingerprint density at radius 2 is 2.24 bits per heavy atom. The fourth-order valence-corrected chi connectivity index (χ4v) is 1.80. The second kappa shape index (κ2) is 4.87. The van der Waals surface area contributed by atoms with Crippen LogP contribution in [-0.4, -0.2) is 18.0 Å². The van der Waals surface area contributed by atoms with E-state index in [1.165, 1.54) is 13.2 Å². The normalized spacial score (nSPS) is 14.3. The largest absolute Gasteiger partial charge is 0.507 e. The Hall–Kier alpha value is -2.03. The molecule has 3 nitrogen and oxygen atoms in total. The van der Waals surface area contributed by atoms with Gasteiger partial charge in [0.15, 0.2) is 5.78 Å². The number of carbonyl (C=O) groups excluding carboxylic acids is 1. The Balaban J connectivity index is 2.31. The lowest BCUT2D eigenvalue weighted by atomic mass is 9.96. The van der Waals surface area contributed by atoms with Gasteiger partial charge in [-0.2, -0.15) is 0 Å². The molecular formula is C14H14O3. The standard InChI is InChI=1S/C14H14O3/c1-17-11-7-8-12(13(15)9-11)14(16)10-5-3-2-4-6-10/h2-3,5,7-9,15H,4,6H2,1H3. The fraction of sp³-hybridized carbons (Fsp3) is 0.214. The summed E-state index contributed by atoms with van der Waals surface area (Å²) in [6, 6.07) is 4.72. The first-order valence-corrected chi connectivity index (χ1v) is 5.50. The molecule has 0 saturated heterocycles. The molecule has 17 heavy (non-hydrogen) atoms. The first kappa shape index (κ1) is 11.5. The van der Waals surface area contributed by atoms with Gasteiger partial charge in [-0.05, 0) is 25.0 Å². The van der Waals surface area contributed by atoms with Gasteiger partial charge < -0.3 is 9.84 Å². The molecule has 0 spiro atoms. The minimum atomic E-state index is -0.116. The zero-order valence-corrected chi connectivity index (χ0v) is 9.64. The van der Waals surface area contributed by atoms with Gasteiger partial charge in [-0.15, -0.1) is 0 Å². The van der Waals surface area contributed by atoms with Crippen molar-refractivity contribution >= 4 is 5.78 Å². The number of carbonyl (C=O) groups is 1. The molecule has 88 valence electrons. The number of ketones is 1. The van der Waals surface area contributed by atoms with Gasteiger partial charge in [0, 0.05) is 11.6 Å². The average Bonchev–Trinajstić information content (AvgIpc) is 2.39. The molecule has 3 heteroatoms. The monoisotopic (exact) mass is 230 g/mol. The Morgan fingerprint density at radius 3 is 2.82 bits per heavy atom. The second-order valence-corrected chi connectivity index (χ2v) is 3.87. The van der Waals surface area contributed by atoms with E-state index in [4.69, 9.17) is 4.74 Å². The topological polar surface area (TPSA) is 46.5 Å². The number of benzene rings is 1. The summed E-state index contributed by atoms with van der Waals surface area (Å²) in [5.41, 5.74) is 1.06. The number of hydrogen-bond acceptors (Lipinski definition) is 3. The van der Waals surface area contributed by atoms with E-state index in [9.17, 15) is 9.90 Å². The molecule has 0 amide bonds. The van der Waals surface area contributed by atoms with Gasteiger partial charge in [0.2, 0.25) is 0 Å². The predicted octanol–water partition coefficient (Wildman–Crippen LogP) is 2.86. The summed E-state index contributed by atoms with van der Waals surface area (Å²) in [6.45, 7) is 0. The molecule has 1 N–H and O–H groups in total. The summed E-state index contributed by atoms with van der Waals surface area (Å²) >= 11 is 0. The summed E-state index contributed by atoms with van der Waals surface area (Å²) < 4.78 is 4.98. The van der Waals surface area contributed by atoms with Crippen LogP contribution in [0.1, 0.15) is 23.2 Å². The summed E-state index contributed by atoms with van der Waals surface area (Å²) in [4.78, 5) is 12.1. The van der Waals surface area contributed by atoms with Crippen LogP contribution in [0.2, 0.25) is 0 Å². The van der Waals surface area contributed by atoms with E-state index in [1.54, 1.807) is 18.2 Å². The first-order chi connectivity index (χ1) is 8.22. The summed E-state index contributed by atoms with van der Waals surface area (Å²) in [7, 11) is 1.52. The van der Waals surface area contributed by atoms with Gasteiger partial charge in [0.05, 0.1) is 12.7 Å². The smallest absolute Gasteiger partial charge is 0.192 e. The van der Waals surface area contributed by atoms with Crippen molar-refractivity contribution in [3.63, 3.8) is 0 Å². The molecule has 1 aromatic rings. The van der Waals surface area contributed by atoms with Crippen molar-refractivity contribution in [2.75, 3.05) is 7.11 Å². The predicted molar refractivity (Wildman–Crippen MR) is 65.4 cm³/mol. The Labute approximate surface area is 100 Å². The number of aromatic hydroxyl groups is 1. The zero-order valence-electron chi connectivity index (χ0n) is 9.64. The van der Waals surface area contributed by atoms with E-state index < -0.39 is 0 Å². The lowest BCUT2D eigenvalue weighted by Gasteiger charge is -2.10. The fourth-order valence-electron chi connectivity index (χ4n) is 1.80. The molecule has 1 aliphatic carbocycles. The molecule has 0 atom stereocenters. The third kappa shape index (κ3) is 2.38. The molecule has 0 aliphatic heterocycles. The first-order valence-electron chi connectivity index (χ1n) is 5.50. The van der Waals surface area contributed by atoms with Crippen LogP contribution in [0.25, 0.3) is 0 Å². The van der Waals surface area contributed by atoms with Crippen molar-refractivity contribution in [3.8, 4) is 11.5 Å². The van der Waals surface area contributed by atoms with Gasteiger partial charge in [0.1, 0.15) is 11.5 Å². The summed E-state index contributed by atoms with van der Waals surface area (Å²) in [6.07, 6.45) is 7.28. The maximum absolute atomic E-state index is 12.1. The number of allylic oxidation sites excluding steroid dienone is 4. The molecule has 1 aromatic carbocycles. The number of methoxy groups -OCH3 is 1. The molecule has 0 unspecified atom stereocenters. The van der Waals surface area contributed by atoms with E-state index in [2.05, 4.69) is 0 Å². The van der Waals surface area contributed by atoms with E-state index in [0.29, 0.717) is 11.3 Å². The van der Waals surface area contributed by atoms with Crippen LogP contribution in [-0.2, 0) is 0 Å². The maximum atomic E-state index is 12.1. The van der Waals surface area contributed by atoms with Crippen molar-refractivity contribution in [1.82, 2.24) is 0 Å². The van der Waals surface area contributed by atoms with Crippen LogP contribution >= 0.6 is 0 Å². The summed E-state index contributed by atoms with van der Waals surface area (Å²) in [5, 5.41) is 9.78. The van der Waals surface area contributed by atoms with Crippen LogP contribution in [0.15, 0.2) is 42.0 Å². The Bertz CT molecular complexity index is 498. The van der Waals surface area contributed by atoms with Gasteiger partial charge in [-0.3, -0.25) is 4.79 Å². The van der Waals surface area contributed by atoms with Crippen LogP contribution in [0.3, 0.4) is 0 Å². The van der Waals surface area contributed by atoms with Crippen LogP contribution in [0.4, 0.5) is 0 Å². The molecular weight excluding hydrogens is 216 g/mol. The highest BCUT2D eigenvalue weighted by Crippen LogP contribution is 2.27. The molecule has 0 radical (unpaired) electrons. The quantitative estimate of drug-likeness (QED) is 0.812. The van der Waals surface area contributed by atoms with Crippen LogP contribution < -0.4 is 4.74 Å². The minimum Gasteiger partial charge on any atom is -0.507 e. The highest BCUT2D eigenvalue weighted by atomic mass is 16.5. The van der Waals surface area contributed by atoms with E-state index >= 15 is 0 Å².